The van der Waals surface area contributed by atoms with Crippen molar-refractivity contribution in [2.75, 3.05) is 5.32 Å². The van der Waals surface area contributed by atoms with E-state index in [0.717, 1.165) is 5.56 Å². The van der Waals surface area contributed by atoms with Crippen LogP contribution in [0, 0.1) is 12.3 Å². The molecule has 0 atom stereocenters. The summed E-state index contributed by atoms with van der Waals surface area (Å²) in [6.45, 7) is 3.24. The number of amidine groups is 1. The van der Waals surface area contributed by atoms with E-state index >= 15 is 0 Å². The molecule has 1 amide bonds. The molecule has 3 rings (SSSR count). The van der Waals surface area contributed by atoms with Gasteiger partial charge >= 0.3 is 0 Å². The molecule has 0 bridgehead atoms. The van der Waals surface area contributed by atoms with Gasteiger partial charge in [0.2, 0.25) is 11.8 Å². The summed E-state index contributed by atoms with van der Waals surface area (Å²) in [4.78, 5) is 19.9. The maximum Gasteiger partial charge on any atom is 0.228 e. The van der Waals surface area contributed by atoms with Crippen molar-refractivity contribution in [2.45, 2.75) is 13.8 Å². The Balaban J connectivity index is 2.16. The topological polar surface area (TPSA) is 118 Å². The Hall–Kier alpha value is -3.19. The first-order valence-electron chi connectivity index (χ1n) is 7.71. The van der Waals surface area contributed by atoms with Gasteiger partial charge in [0.15, 0.2) is 11.6 Å². The number of amides is 1. The number of aryl methyl sites for hydroxylation is 1. The average molecular weight is 370 g/mol. The third-order valence-electron chi connectivity index (χ3n) is 3.64. The van der Waals surface area contributed by atoms with Crippen molar-refractivity contribution >= 4 is 29.2 Å². The number of benzene rings is 1. The fraction of sp³-hybridized carbons (Fsp3) is 0.111. The number of anilines is 1. The first kappa shape index (κ1) is 17.6. The van der Waals surface area contributed by atoms with E-state index in [1.807, 2.05) is 13.0 Å². The summed E-state index contributed by atoms with van der Waals surface area (Å²) in [6, 6.07) is 8.77. The Bertz CT molecular complexity index is 1010. The highest BCUT2D eigenvalue weighted by atomic mass is 35.5. The highest BCUT2D eigenvalue weighted by Crippen LogP contribution is 2.34. The molecule has 0 aliphatic rings. The van der Waals surface area contributed by atoms with Gasteiger partial charge in [-0.05, 0) is 24.6 Å². The fourth-order valence-corrected chi connectivity index (χ4v) is 2.68. The largest absolute Gasteiger partial charge is 0.432 e. The summed E-state index contributed by atoms with van der Waals surface area (Å²) in [5, 5.41) is 10.9. The van der Waals surface area contributed by atoms with Crippen LogP contribution in [0.4, 0.5) is 5.82 Å². The zero-order chi connectivity index (χ0) is 18.8. The zero-order valence-corrected chi connectivity index (χ0v) is 14.9. The lowest BCUT2D eigenvalue weighted by molar-refractivity contribution is -0.114. The van der Waals surface area contributed by atoms with E-state index in [4.69, 9.17) is 27.2 Å². The number of halogens is 1. The summed E-state index contributed by atoms with van der Waals surface area (Å²) in [5.41, 5.74) is 8.08. The minimum atomic E-state index is -0.257. The number of nitrogens with two attached hydrogens (primary N) is 1. The first-order chi connectivity index (χ1) is 12.4. The quantitative estimate of drug-likeness (QED) is 0.479. The molecule has 1 aromatic carbocycles. The molecule has 132 valence electrons. The van der Waals surface area contributed by atoms with E-state index in [0.29, 0.717) is 27.7 Å². The summed E-state index contributed by atoms with van der Waals surface area (Å²) in [6.07, 6.45) is 1.60. The molecule has 0 saturated heterocycles. The zero-order valence-electron chi connectivity index (χ0n) is 14.1. The molecule has 0 spiro atoms. The van der Waals surface area contributed by atoms with E-state index in [1.165, 1.54) is 6.92 Å². The van der Waals surface area contributed by atoms with Gasteiger partial charge in [-0.3, -0.25) is 10.2 Å². The molecule has 8 heteroatoms. The lowest BCUT2D eigenvalue weighted by Crippen LogP contribution is -2.11. The number of nitrogens with one attached hydrogen (secondary N) is 2. The van der Waals surface area contributed by atoms with Crippen molar-refractivity contribution in [3.63, 3.8) is 0 Å². The minimum absolute atomic E-state index is 0.130. The maximum atomic E-state index is 11.3. The van der Waals surface area contributed by atoms with Crippen LogP contribution in [-0.4, -0.2) is 21.7 Å². The molecule has 2 aromatic heterocycles. The van der Waals surface area contributed by atoms with Crippen LogP contribution in [0.2, 0.25) is 5.02 Å². The highest BCUT2D eigenvalue weighted by molar-refractivity contribution is 6.33. The number of nitrogens with zero attached hydrogens (tertiary/aromatic N) is 2. The lowest BCUT2D eigenvalue weighted by Gasteiger charge is -2.05. The van der Waals surface area contributed by atoms with Crippen LogP contribution in [-0.2, 0) is 4.79 Å². The SMILES string of the molecule is CC(=O)Nc1cc(-c2nc(-c3ccccc3Cl)c(C(=N)N)o2)c(C)cn1. The molecule has 2 heterocycles. The van der Waals surface area contributed by atoms with Crippen LogP contribution < -0.4 is 11.1 Å². The predicted octanol–water partition coefficient (Wildman–Crippen LogP) is 3.61. The Morgan fingerprint density at radius 1 is 1.31 bits per heavy atom. The van der Waals surface area contributed by atoms with Crippen LogP contribution in [0.15, 0.2) is 40.9 Å². The Labute approximate surface area is 154 Å². The van der Waals surface area contributed by atoms with Gasteiger partial charge in [0.1, 0.15) is 11.5 Å². The van der Waals surface area contributed by atoms with Crippen LogP contribution in [0.1, 0.15) is 18.2 Å². The monoisotopic (exact) mass is 369 g/mol. The molecular weight excluding hydrogens is 354 g/mol. The van der Waals surface area contributed by atoms with Gasteiger partial charge in [0, 0.05) is 24.2 Å². The molecule has 7 nitrogen and oxygen atoms in total. The number of carbonyl (C=O) groups excluding carboxylic acids is 1. The third-order valence-corrected chi connectivity index (χ3v) is 3.97. The number of aromatic nitrogens is 2. The van der Waals surface area contributed by atoms with E-state index in [-0.39, 0.29) is 23.4 Å². The van der Waals surface area contributed by atoms with E-state index in [9.17, 15) is 4.79 Å². The molecule has 3 aromatic rings. The van der Waals surface area contributed by atoms with E-state index in [2.05, 4.69) is 15.3 Å². The van der Waals surface area contributed by atoms with Crippen molar-refractivity contribution in [3.8, 4) is 22.7 Å². The molecule has 0 aliphatic carbocycles. The number of nitrogen functional groups attached to an aromatic ring is 1. The fourth-order valence-electron chi connectivity index (χ4n) is 2.46. The van der Waals surface area contributed by atoms with Gasteiger partial charge in [0.25, 0.3) is 0 Å². The third kappa shape index (κ3) is 3.43. The van der Waals surface area contributed by atoms with Gasteiger partial charge < -0.3 is 15.5 Å². The normalized spacial score (nSPS) is 10.6. The first-order valence-corrected chi connectivity index (χ1v) is 8.09. The van der Waals surface area contributed by atoms with E-state index in [1.54, 1.807) is 30.5 Å². The van der Waals surface area contributed by atoms with Gasteiger partial charge in [0.05, 0.1) is 5.02 Å². The molecule has 0 radical (unpaired) electrons. The lowest BCUT2D eigenvalue weighted by atomic mass is 10.1. The van der Waals surface area contributed by atoms with Crippen LogP contribution in [0.25, 0.3) is 22.7 Å². The molecular formula is C18H16ClN5O2. The second-order valence-corrected chi connectivity index (χ2v) is 6.06. The van der Waals surface area contributed by atoms with Gasteiger partial charge in [-0.1, -0.05) is 29.8 Å². The Morgan fingerprint density at radius 3 is 2.69 bits per heavy atom. The number of carbonyl (C=O) groups is 1. The van der Waals surface area contributed by atoms with E-state index < -0.39 is 0 Å². The Morgan fingerprint density at radius 2 is 2.04 bits per heavy atom. The van der Waals surface area contributed by atoms with Crippen molar-refractivity contribution in [1.29, 1.82) is 5.41 Å². The second-order valence-electron chi connectivity index (χ2n) is 5.66. The smallest absolute Gasteiger partial charge is 0.228 e. The highest BCUT2D eigenvalue weighted by Gasteiger charge is 2.21. The van der Waals surface area contributed by atoms with Gasteiger partial charge in [-0.15, -0.1) is 0 Å². The second kappa shape index (κ2) is 6.97. The molecule has 4 N–H and O–H groups in total. The van der Waals surface area contributed by atoms with Crippen LogP contribution >= 0.6 is 11.6 Å². The molecule has 0 aliphatic heterocycles. The molecule has 0 fully saturated rings. The number of rotatable bonds is 4. The molecule has 26 heavy (non-hydrogen) atoms. The van der Waals surface area contributed by atoms with Gasteiger partial charge in [-0.25, -0.2) is 9.97 Å². The van der Waals surface area contributed by atoms with Crippen molar-refractivity contribution in [1.82, 2.24) is 9.97 Å². The average Bonchev–Trinajstić information content (AvgIpc) is 3.01. The molecule has 0 saturated carbocycles. The van der Waals surface area contributed by atoms with Crippen LogP contribution in [0.5, 0.6) is 0 Å². The van der Waals surface area contributed by atoms with Crippen LogP contribution in [0.3, 0.4) is 0 Å². The number of hydrogen-bond acceptors (Lipinski definition) is 5. The van der Waals surface area contributed by atoms with Gasteiger partial charge in [-0.2, -0.15) is 0 Å². The van der Waals surface area contributed by atoms with Crippen molar-refractivity contribution in [2.24, 2.45) is 5.73 Å². The number of hydrogen-bond donors (Lipinski definition) is 3. The molecule has 0 unspecified atom stereocenters. The Kier molecular flexibility index (Phi) is 4.73. The number of pyridine rings is 1. The van der Waals surface area contributed by atoms with Crippen molar-refractivity contribution in [3.05, 3.63) is 52.9 Å². The summed E-state index contributed by atoms with van der Waals surface area (Å²) in [5.74, 6) is 0.273. The summed E-state index contributed by atoms with van der Waals surface area (Å²) in [7, 11) is 0. The summed E-state index contributed by atoms with van der Waals surface area (Å²) < 4.78 is 5.75. The van der Waals surface area contributed by atoms with Crippen molar-refractivity contribution < 1.29 is 9.21 Å². The minimum Gasteiger partial charge on any atom is -0.432 e. The number of oxazole rings is 1. The standard InChI is InChI=1S/C18H16ClN5O2/c1-9-8-22-14(23-10(2)25)7-12(9)18-24-15(16(26-18)17(20)21)11-5-3-4-6-13(11)19/h3-8H,1-2H3,(H3,20,21)(H,22,23,25). The summed E-state index contributed by atoms with van der Waals surface area (Å²) >= 11 is 6.25. The predicted molar refractivity (Wildman–Crippen MR) is 100 cm³/mol. The maximum absolute atomic E-state index is 11.3.